The van der Waals surface area contributed by atoms with Gasteiger partial charge < -0.3 is 14.6 Å². The van der Waals surface area contributed by atoms with Gasteiger partial charge in [-0.05, 0) is 36.6 Å². The maximum Gasteiger partial charge on any atom is 0.291 e. The van der Waals surface area contributed by atoms with Crippen LogP contribution in [0, 0.1) is 0 Å². The molecule has 0 saturated carbocycles. The van der Waals surface area contributed by atoms with Crippen LogP contribution in [-0.2, 0) is 5.75 Å². The van der Waals surface area contributed by atoms with Crippen LogP contribution < -0.4 is 5.32 Å². The van der Waals surface area contributed by atoms with Gasteiger partial charge in [0.25, 0.3) is 11.8 Å². The fourth-order valence-electron chi connectivity index (χ4n) is 2.71. The topological polar surface area (TPSA) is 62.6 Å². The molecule has 3 aromatic rings. The number of nitrogens with one attached hydrogen (secondary N) is 1. The van der Waals surface area contributed by atoms with E-state index in [2.05, 4.69) is 5.32 Å². The molecule has 3 rings (SSSR count). The molecular formula is C20H20N2O3S. The summed E-state index contributed by atoms with van der Waals surface area (Å²) in [5.41, 5.74) is 2.78. The van der Waals surface area contributed by atoms with Gasteiger partial charge in [0.05, 0.1) is 0 Å². The summed E-state index contributed by atoms with van der Waals surface area (Å²) in [5.74, 6) is 0.643. The van der Waals surface area contributed by atoms with Crippen molar-refractivity contribution in [2.45, 2.75) is 5.75 Å². The average molecular weight is 368 g/mol. The number of carbonyl (C=O) groups is 2. The normalized spacial score (nSPS) is 10.7. The smallest absolute Gasteiger partial charge is 0.291 e. The first kappa shape index (κ1) is 18.1. The standard InChI is InChI=1S/C20H20N2O3S/c1-22(2)20(24)13-8-10-14(11-9-13)21-19(23)18-16(12-26-3)15-6-4-5-7-17(15)25-18/h4-11H,12H2,1-3H3,(H,21,23). The van der Waals surface area contributed by atoms with E-state index in [-0.39, 0.29) is 11.8 Å². The Morgan fingerprint density at radius 2 is 1.77 bits per heavy atom. The summed E-state index contributed by atoms with van der Waals surface area (Å²) < 4.78 is 5.79. The van der Waals surface area contributed by atoms with Crippen LogP contribution in [-0.4, -0.2) is 37.1 Å². The molecule has 0 spiro atoms. The molecule has 1 N–H and O–H groups in total. The molecule has 0 unspecified atom stereocenters. The van der Waals surface area contributed by atoms with Crippen LogP contribution in [0.1, 0.15) is 26.5 Å². The van der Waals surface area contributed by atoms with Crippen LogP contribution in [0.5, 0.6) is 0 Å². The van der Waals surface area contributed by atoms with Crippen LogP contribution in [0.3, 0.4) is 0 Å². The Labute approximate surface area is 156 Å². The summed E-state index contributed by atoms with van der Waals surface area (Å²) in [6.45, 7) is 0. The van der Waals surface area contributed by atoms with Gasteiger partial charge in [-0.15, -0.1) is 0 Å². The number of hydrogen-bond donors (Lipinski definition) is 1. The molecule has 1 aromatic heterocycles. The highest BCUT2D eigenvalue weighted by atomic mass is 32.2. The minimum Gasteiger partial charge on any atom is -0.451 e. The largest absolute Gasteiger partial charge is 0.451 e. The third kappa shape index (κ3) is 3.60. The van der Waals surface area contributed by atoms with E-state index in [1.165, 1.54) is 4.90 Å². The summed E-state index contributed by atoms with van der Waals surface area (Å²) >= 11 is 1.64. The van der Waals surface area contributed by atoms with Crippen molar-refractivity contribution in [1.82, 2.24) is 4.90 Å². The zero-order valence-electron chi connectivity index (χ0n) is 14.9. The minimum atomic E-state index is -0.295. The summed E-state index contributed by atoms with van der Waals surface area (Å²) in [4.78, 5) is 26.2. The molecule has 6 heteroatoms. The van der Waals surface area contributed by atoms with Crippen LogP contribution in [0.2, 0.25) is 0 Å². The van der Waals surface area contributed by atoms with Gasteiger partial charge in [-0.3, -0.25) is 9.59 Å². The SMILES string of the molecule is CSCc1c(C(=O)Nc2ccc(C(=O)N(C)C)cc2)oc2ccccc12. The second-order valence-electron chi connectivity index (χ2n) is 6.07. The number of nitrogens with zero attached hydrogens (tertiary/aromatic N) is 1. The van der Waals surface area contributed by atoms with Crippen LogP contribution in [0.25, 0.3) is 11.0 Å². The second-order valence-corrected chi connectivity index (χ2v) is 6.94. The second kappa shape index (κ2) is 7.66. The molecule has 0 fully saturated rings. The van der Waals surface area contributed by atoms with E-state index in [9.17, 15) is 9.59 Å². The van der Waals surface area contributed by atoms with Crippen molar-refractivity contribution in [3.63, 3.8) is 0 Å². The molecule has 1 heterocycles. The molecule has 2 amide bonds. The van der Waals surface area contributed by atoms with E-state index in [0.29, 0.717) is 28.3 Å². The minimum absolute atomic E-state index is 0.0811. The van der Waals surface area contributed by atoms with E-state index in [1.54, 1.807) is 50.1 Å². The van der Waals surface area contributed by atoms with Crippen molar-refractivity contribution in [2.75, 3.05) is 25.7 Å². The maximum atomic E-state index is 12.7. The number of thioether (sulfide) groups is 1. The lowest BCUT2D eigenvalue weighted by atomic mass is 10.1. The van der Waals surface area contributed by atoms with E-state index < -0.39 is 0 Å². The third-order valence-corrected chi connectivity index (χ3v) is 4.57. The Morgan fingerprint density at radius 1 is 1.08 bits per heavy atom. The zero-order chi connectivity index (χ0) is 18.7. The number of carbonyl (C=O) groups excluding carboxylic acids is 2. The van der Waals surface area contributed by atoms with E-state index >= 15 is 0 Å². The lowest BCUT2D eigenvalue weighted by molar-refractivity contribution is 0.0827. The number of rotatable bonds is 5. The number of benzene rings is 2. The number of fused-ring (bicyclic) bond motifs is 1. The van der Waals surface area contributed by atoms with Gasteiger partial charge in [0.1, 0.15) is 5.58 Å². The van der Waals surface area contributed by atoms with Gasteiger partial charge >= 0.3 is 0 Å². The van der Waals surface area contributed by atoms with Gasteiger partial charge in [0, 0.05) is 42.0 Å². The number of amides is 2. The molecule has 0 radical (unpaired) electrons. The number of para-hydroxylation sites is 1. The maximum absolute atomic E-state index is 12.7. The van der Waals surface area contributed by atoms with E-state index in [4.69, 9.17) is 4.42 Å². The highest BCUT2D eigenvalue weighted by molar-refractivity contribution is 7.97. The monoisotopic (exact) mass is 368 g/mol. The number of furan rings is 1. The van der Waals surface area contributed by atoms with Gasteiger partial charge in [0.15, 0.2) is 5.76 Å². The molecule has 0 aliphatic rings. The molecule has 0 aliphatic heterocycles. The van der Waals surface area contributed by atoms with Crippen molar-refractivity contribution in [1.29, 1.82) is 0 Å². The Balaban J connectivity index is 1.85. The number of hydrogen-bond acceptors (Lipinski definition) is 4. The highest BCUT2D eigenvalue weighted by Crippen LogP contribution is 2.29. The lowest BCUT2D eigenvalue weighted by Crippen LogP contribution is -2.21. The first-order valence-electron chi connectivity index (χ1n) is 8.13. The molecule has 2 aromatic carbocycles. The molecule has 134 valence electrons. The predicted molar refractivity (Wildman–Crippen MR) is 106 cm³/mol. The molecule has 0 bridgehead atoms. The fraction of sp³-hybridized carbons (Fsp3) is 0.200. The van der Waals surface area contributed by atoms with Crippen LogP contribution in [0.4, 0.5) is 5.69 Å². The summed E-state index contributed by atoms with van der Waals surface area (Å²) in [6, 6.07) is 14.5. The quantitative estimate of drug-likeness (QED) is 0.731. The summed E-state index contributed by atoms with van der Waals surface area (Å²) in [6.07, 6.45) is 1.99. The fourth-order valence-corrected chi connectivity index (χ4v) is 3.29. The van der Waals surface area contributed by atoms with Crippen molar-refractivity contribution < 1.29 is 14.0 Å². The summed E-state index contributed by atoms with van der Waals surface area (Å²) in [5, 5.41) is 3.80. The van der Waals surface area contributed by atoms with Gasteiger partial charge in [-0.25, -0.2) is 0 Å². The molecule has 26 heavy (non-hydrogen) atoms. The Morgan fingerprint density at radius 3 is 2.42 bits per heavy atom. The Hall–Kier alpha value is -2.73. The van der Waals surface area contributed by atoms with E-state index in [0.717, 1.165) is 10.9 Å². The van der Waals surface area contributed by atoms with Crippen molar-refractivity contribution in [3.05, 3.63) is 65.4 Å². The van der Waals surface area contributed by atoms with Gasteiger partial charge in [-0.1, -0.05) is 18.2 Å². The average Bonchev–Trinajstić information content (AvgIpc) is 3.01. The predicted octanol–water partition coefficient (Wildman–Crippen LogP) is 4.25. The molecule has 5 nitrogen and oxygen atoms in total. The zero-order valence-corrected chi connectivity index (χ0v) is 15.7. The van der Waals surface area contributed by atoms with Crippen molar-refractivity contribution in [3.8, 4) is 0 Å². The Kier molecular flexibility index (Phi) is 5.32. The third-order valence-electron chi connectivity index (χ3n) is 3.99. The van der Waals surface area contributed by atoms with E-state index in [1.807, 2.05) is 30.5 Å². The number of anilines is 1. The van der Waals surface area contributed by atoms with Crippen LogP contribution >= 0.6 is 11.8 Å². The molecule has 0 saturated heterocycles. The van der Waals surface area contributed by atoms with Crippen LogP contribution in [0.15, 0.2) is 52.9 Å². The Bertz CT molecular complexity index is 945. The molecule has 0 atom stereocenters. The van der Waals surface area contributed by atoms with Crippen molar-refractivity contribution >= 4 is 40.2 Å². The van der Waals surface area contributed by atoms with Gasteiger partial charge in [-0.2, -0.15) is 11.8 Å². The van der Waals surface area contributed by atoms with Crippen molar-refractivity contribution in [2.24, 2.45) is 0 Å². The molecule has 0 aliphatic carbocycles. The lowest BCUT2D eigenvalue weighted by Gasteiger charge is -2.11. The molecular weight excluding hydrogens is 348 g/mol. The first-order chi connectivity index (χ1) is 12.5. The first-order valence-corrected chi connectivity index (χ1v) is 9.53. The summed E-state index contributed by atoms with van der Waals surface area (Å²) in [7, 11) is 3.40. The van der Waals surface area contributed by atoms with Gasteiger partial charge in [0.2, 0.25) is 0 Å². The highest BCUT2D eigenvalue weighted by Gasteiger charge is 2.20.